The number of nitrogens with one attached hydrogen (secondary N) is 2. The van der Waals surface area contributed by atoms with E-state index in [1.54, 1.807) is 17.0 Å². The highest BCUT2D eigenvalue weighted by Crippen LogP contribution is 2.10. The van der Waals surface area contributed by atoms with Gasteiger partial charge in [-0.2, -0.15) is 0 Å². The smallest absolute Gasteiger partial charge is 0.261 e. The van der Waals surface area contributed by atoms with E-state index in [0.29, 0.717) is 36.7 Å². The summed E-state index contributed by atoms with van der Waals surface area (Å²) in [6.45, 7) is 2.52. The third-order valence-electron chi connectivity index (χ3n) is 4.58. The van der Waals surface area contributed by atoms with Crippen molar-refractivity contribution in [2.45, 2.75) is 6.42 Å². The van der Waals surface area contributed by atoms with Crippen molar-refractivity contribution in [2.75, 3.05) is 44.6 Å². The molecule has 1 saturated heterocycles. The van der Waals surface area contributed by atoms with E-state index in [9.17, 15) is 18.8 Å². The van der Waals surface area contributed by atoms with E-state index >= 15 is 0 Å². The van der Waals surface area contributed by atoms with Crippen LogP contribution in [0.1, 0.15) is 16.1 Å². The third kappa shape index (κ3) is 6.37. The predicted molar refractivity (Wildman–Crippen MR) is 109 cm³/mol. The maximum absolute atomic E-state index is 12.9. The van der Waals surface area contributed by atoms with Crippen LogP contribution < -0.4 is 10.6 Å². The van der Waals surface area contributed by atoms with E-state index in [0.717, 1.165) is 6.42 Å². The Labute approximate surface area is 172 Å². The van der Waals surface area contributed by atoms with Crippen LogP contribution in [0.4, 0.5) is 10.1 Å². The SMILES string of the molecule is O=C(CN1CCCN(C(=O)CNC(=O)c2cccs2)CC1)Nc1ccc(F)cc1. The lowest BCUT2D eigenvalue weighted by Crippen LogP contribution is -2.42. The van der Waals surface area contributed by atoms with Crippen molar-refractivity contribution in [3.05, 3.63) is 52.5 Å². The second-order valence-electron chi connectivity index (χ2n) is 6.73. The minimum Gasteiger partial charge on any atom is -0.342 e. The Bertz CT molecular complexity index is 842. The molecule has 2 N–H and O–H groups in total. The van der Waals surface area contributed by atoms with Gasteiger partial charge in [-0.25, -0.2) is 4.39 Å². The molecule has 0 aliphatic carbocycles. The molecule has 7 nitrogen and oxygen atoms in total. The third-order valence-corrected chi connectivity index (χ3v) is 5.45. The Morgan fingerprint density at radius 1 is 1.03 bits per heavy atom. The van der Waals surface area contributed by atoms with Crippen molar-refractivity contribution in [3.8, 4) is 0 Å². The Morgan fingerprint density at radius 3 is 2.55 bits per heavy atom. The van der Waals surface area contributed by atoms with Gasteiger partial charge < -0.3 is 15.5 Å². The van der Waals surface area contributed by atoms with Gasteiger partial charge in [0.1, 0.15) is 5.82 Å². The van der Waals surface area contributed by atoms with Gasteiger partial charge in [-0.3, -0.25) is 19.3 Å². The number of thiophene rings is 1. The molecule has 2 aromatic rings. The number of hydrogen-bond acceptors (Lipinski definition) is 5. The summed E-state index contributed by atoms with van der Waals surface area (Å²) < 4.78 is 12.9. The fraction of sp³-hybridized carbons (Fsp3) is 0.350. The van der Waals surface area contributed by atoms with Crippen molar-refractivity contribution in [3.63, 3.8) is 0 Å². The zero-order valence-corrected chi connectivity index (χ0v) is 16.7. The van der Waals surface area contributed by atoms with Crippen LogP contribution in [0.5, 0.6) is 0 Å². The highest BCUT2D eigenvalue weighted by Gasteiger charge is 2.21. The summed E-state index contributed by atoms with van der Waals surface area (Å²) in [7, 11) is 0. The number of carbonyl (C=O) groups is 3. The monoisotopic (exact) mass is 418 g/mol. The molecule has 154 valence electrons. The molecule has 1 aliphatic rings. The number of nitrogens with zero attached hydrogens (tertiary/aromatic N) is 2. The minimum atomic E-state index is -0.355. The van der Waals surface area contributed by atoms with E-state index < -0.39 is 0 Å². The molecule has 0 atom stereocenters. The molecule has 2 heterocycles. The Hall–Kier alpha value is -2.78. The van der Waals surface area contributed by atoms with Gasteiger partial charge in [0.05, 0.1) is 18.0 Å². The van der Waals surface area contributed by atoms with E-state index in [4.69, 9.17) is 0 Å². The molecule has 0 saturated carbocycles. The summed E-state index contributed by atoms with van der Waals surface area (Å²) in [5.74, 6) is -0.916. The normalized spacial score (nSPS) is 14.9. The number of halogens is 1. The minimum absolute atomic E-state index is 0.0399. The molecule has 3 amide bonds. The fourth-order valence-corrected chi connectivity index (χ4v) is 3.72. The fourth-order valence-electron chi connectivity index (χ4n) is 3.08. The zero-order chi connectivity index (χ0) is 20.6. The first-order chi connectivity index (χ1) is 14.0. The summed E-state index contributed by atoms with van der Waals surface area (Å²) in [4.78, 5) is 40.8. The zero-order valence-electron chi connectivity index (χ0n) is 15.9. The van der Waals surface area contributed by atoms with Crippen LogP contribution in [-0.4, -0.2) is 66.8 Å². The second-order valence-corrected chi connectivity index (χ2v) is 7.67. The molecule has 1 fully saturated rings. The lowest BCUT2D eigenvalue weighted by atomic mass is 10.3. The Kier molecular flexibility index (Phi) is 7.31. The summed E-state index contributed by atoms with van der Waals surface area (Å²) in [5, 5.41) is 7.21. The van der Waals surface area contributed by atoms with Crippen LogP contribution in [0.2, 0.25) is 0 Å². The topological polar surface area (TPSA) is 81.8 Å². The van der Waals surface area contributed by atoms with Crippen LogP contribution in [0, 0.1) is 5.82 Å². The van der Waals surface area contributed by atoms with Crippen LogP contribution in [-0.2, 0) is 9.59 Å². The molecule has 29 heavy (non-hydrogen) atoms. The van der Waals surface area contributed by atoms with Crippen molar-refractivity contribution in [2.24, 2.45) is 0 Å². The maximum atomic E-state index is 12.9. The van der Waals surface area contributed by atoms with Crippen molar-refractivity contribution in [1.82, 2.24) is 15.1 Å². The second kappa shape index (κ2) is 10.1. The Balaban J connectivity index is 1.42. The molecule has 1 aromatic heterocycles. The van der Waals surface area contributed by atoms with Crippen molar-refractivity contribution >= 4 is 34.7 Å². The van der Waals surface area contributed by atoms with E-state index in [1.807, 2.05) is 10.3 Å². The lowest BCUT2D eigenvalue weighted by molar-refractivity contribution is -0.129. The number of rotatable bonds is 6. The summed E-state index contributed by atoms with van der Waals surface area (Å²) in [6, 6.07) is 9.12. The van der Waals surface area contributed by atoms with Crippen molar-refractivity contribution in [1.29, 1.82) is 0 Å². The largest absolute Gasteiger partial charge is 0.342 e. The molecule has 3 rings (SSSR count). The average molecular weight is 418 g/mol. The van der Waals surface area contributed by atoms with Gasteiger partial charge in [-0.15, -0.1) is 11.3 Å². The lowest BCUT2D eigenvalue weighted by Gasteiger charge is -2.22. The van der Waals surface area contributed by atoms with Gasteiger partial charge >= 0.3 is 0 Å². The van der Waals surface area contributed by atoms with E-state index in [-0.39, 0.29) is 36.6 Å². The van der Waals surface area contributed by atoms with Gasteiger partial charge in [0.25, 0.3) is 5.91 Å². The van der Waals surface area contributed by atoms with Gasteiger partial charge in [0.15, 0.2) is 0 Å². The first-order valence-electron chi connectivity index (χ1n) is 9.38. The van der Waals surface area contributed by atoms with Crippen LogP contribution >= 0.6 is 11.3 Å². The van der Waals surface area contributed by atoms with Gasteiger partial charge in [0, 0.05) is 31.9 Å². The molecule has 9 heteroatoms. The number of amides is 3. The quantitative estimate of drug-likeness (QED) is 0.750. The highest BCUT2D eigenvalue weighted by molar-refractivity contribution is 7.12. The number of hydrogen-bond donors (Lipinski definition) is 2. The average Bonchev–Trinajstić information content (AvgIpc) is 3.15. The molecule has 0 unspecified atom stereocenters. The van der Waals surface area contributed by atoms with Gasteiger partial charge in [-0.1, -0.05) is 6.07 Å². The molecule has 0 radical (unpaired) electrons. The Morgan fingerprint density at radius 2 is 1.83 bits per heavy atom. The summed E-state index contributed by atoms with van der Waals surface area (Å²) in [6.07, 6.45) is 0.744. The summed E-state index contributed by atoms with van der Waals surface area (Å²) in [5.41, 5.74) is 0.546. The molecule has 1 aromatic carbocycles. The van der Waals surface area contributed by atoms with E-state index in [1.165, 1.54) is 35.6 Å². The maximum Gasteiger partial charge on any atom is 0.261 e. The van der Waals surface area contributed by atoms with Crippen LogP contribution in [0.3, 0.4) is 0 Å². The molecular weight excluding hydrogens is 395 g/mol. The molecular formula is C20H23FN4O3S. The predicted octanol–water partition coefficient (Wildman–Crippen LogP) is 1.79. The van der Waals surface area contributed by atoms with Gasteiger partial charge in [-0.05, 0) is 42.1 Å². The molecule has 1 aliphatic heterocycles. The first kappa shape index (κ1) is 20.9. The van der Waals surface area contributed by atoms with Crippen LogP contribution in [0.25, 0.3) is 0 Å². The van der Waals surface area contributed by atoms with Gasteiger partial charge in [0.2, 0.25) is 11.8 Å². The van der Waals surface area contributed by atoms with Crippen molar-refractivity contribution < 1.29 is 18.8 Å². The molecule has 0 bridgehead atoms. The number of carbonyl (C=O) groups excluding carboxylic acids is 3. The highest BCUT2D eigenvalue weighted by atomic mass is 32.1. The molecule has 0 spiro atoms. The first-order valence-corrected chi connectivity index (χ1v) is 10.3. The summed E-state index contributed by atoms with van der Waals surface area (Å²) >= 11 is 1.33. The number of benzene rings is 1. The standard InChI is InChI=1S/C20H23FN4O3S/c21-15-4-6-16(7-5-15)23-18(26)14-24-8-2-9-25(11-10-24)19(27)13-22-20(28)17-3-1-12-29-17/h1,3-7,12H,2,8-11,13-14H2,(H,22,28)(H,23,26). The number of anilines is 1. The van der Waals surface area contributed by atoms with E-state index in [2.05, 4.69) is 10.6 Å². The van der Waals surface area contributed by atoms with Crippen LogP contribution in [0.15, 0.2) is 41.8 Å².